The molecule has 0 unspecified atom stereocenters. The van der Waals surface area contributed by atoms with Crippen molar-refractivity contribution in [3.8, 4) is 39.4 Å². The fourth-order valence-corrected chi connectivity index (χ4v) is 8.42. The summed E-state index contributed by atoms with van der Waals surface area (Å²) in [5.41, 5.74) is 12.6. The first-order valence-electron chi connectivity index (χ1n) is 18.7. The zero-order valence-corrected chi connectivity index (χ0v) is 31.6. The van der Waals surface area contributed by atoms with Crippen LogP contribution >= 0.6 is 0 Å². The van der Waals surface area contributed by atoms with Gasteiger partial charge in [0.05, 0.1) is 28.0 Å². The topological polar surface area (TPSA) is 58.9 Å². The molecule has 2 heterocycles. The number of aromatic hydroxyl groups is 1. The number of hydrogen-bond donors (Lipinski definition) is 1. The highest BCUT2D eigenvalue weighted by Gasteiger charge is 2.48. The monoisotopic (exact) mass is 701 g/mol. The predicted molar refractivity (Wildman–Crippen MR) is 222 cm³/mol. The lowest BCUT2D eigenvalue weighted by atomic mass is 9.67. The average Bonchev–Trinajstić information content (AvgIpc) is 3.47. The van der Waals surface area contributed by atoms with Crippen LogP contribution < -0.4 is 0 Å². The highest BCUT2D eigenvalue weighted by atomic mass is 16.3. The van der Waals surface area contributed by atoms with Crippen molar-refractivity contribution in [2.45, 2.75) is 57.8 Å². The SMILES string of the molecule is CC(C)(C)c1ccc2c(c1)C(c1cccc(-c3ncnc4ccc5ccccc5c34)c1)(c1cccc(-c3ccccc3O)n1)c1cc(C(C)(C)C)ccc1-2. The number of rotatable bonds is 4. The van der Waals surface area contributed by atoms with E-state index in [0.29, 0.717) is 5.56 Å². The summed E-state index contributed by atoms with van der Waals surface area (Å²) in [5.74, 6) is 0.207. The summed E-state index contributed by atoms with van der Waals surface area (Å²) in [7, 11) is 0. The van der Waals surface area contributed by atoms with Gasteiger partial charge in [-0.25, -0.2) is 9.97 Å². The largest absolute Gasteiger partial charge is 0.507 e. The van der Waals surface area contributed by atoms with Crippen LogP contribution in [0.1, 0.15) is 75.1 Å². The molecule has 0 fully saturated rings. The van der Waals surface area contributed by atoms with Crippen molar-refractivity contribution in [1.82, 2.24) is 15.0 Å². The first-order chi connectivity index (χ1) is 25.9. The number of fused-ring (bicyclic) bond motifs is 6. The molecule has 0 saturated heterocycles. The van der Waals surface area contributed by atoms with Crippen molar-refractivity contribution in [3.05, 3.63) is 179 Å². The molecule has 0 saturated carbocycles. The van der Waals surface area contributed by atoms with E-state index in [1.54, 1.807) is 12.4 Å². The Morgan fingerprint density at radius 3 is 1.93 bits per heavy atom. The zero-order chi connectivity index (χ0) is 37.4. The van der Waals surface area contributed by atoms with Crippen LogP contribution in [0.2, 0.25) is 0 Å². The van der Waals surface area contributed by atoms with Gasteiger partial charge in [-0.15, -0.1) is 0 Å². The summed E-state index contributed by atoms with van der Waals surface area (Å²) >= 11 is 0. The molecule has 1 aliphatic rings. The lowest BCUT2D eigenvalue weighted by molar-refractivity contribution is 0.477. The van der Waals surface area contributed by atoms with Gasteiger partial charge in [-0.05, 0) is 96.9 Å². The van der Waals surface area contributed by atoms with Crippen molar-refractivity contribution in [3.63, 3.8) is 0 Å². The second-order valence-electron chi connectivity index (χ2n) is 16.7. The maximum Gasteiger partial charge on any atom is 0.124 e. The van der Waals surface area contributed by atoms with Gasteiger partial charge in [0, 0.05) is 16.5 Å². The Kier molecular flexibility index (Phi) is 7.62. The molecule has 0 aliphatic heterocycles. The Bertz CT molecular complexity index is 2700. The molecular formula is C50H43N3O. The quantitative estimate of drug-likeness (QED) is 0.186. The maximum atomic E-state index is 11.0. The third kappa shape index (κ3) is 5.23. The molecule has 4 heteroatoms. The number of para-hydroxylation sites is 1. The third-order valence-corrected chi connectivity index (χ3v) is 11.3. The van der Waals surface area contributed by atoms with Gasteiger partial charge in [0.1, 0.15) is 12.1 Å². The van der Waals surface area contributed by atoms with Crippen molar-refractivity contribution >= 4 is 21.7 Å². The molecule has 0 bridgehead atoms. The Morgan fingerprint density at radius 1 is 0.556 bits per heavy atom. The number of phenolic OH excluding ortho intramolecular Hbond substituents is 1. The van der Waals surface area contributed by atoms with E-state index in [9.17, 15) is 5.11 Å². The van der Waals surface area contributed by atoms with Gasteiger partial charge in [-0.1, -0.05) is 145 Å². The first-order valence-corrected chi connectivity index (χ1v) is 18.7. The van der Waals surface area contributed by atoms with E-state index in [0.717, 1.165) is 49.9 Å². The highest BCUT2D eigenvalue weighted by molar-refractivity contribution is 6.12. The van der Waals surface area contributed by atoms with Crippen LogP contribution in [0, 0.1) is 0 Å². The molecule has 0 amide bonds. The average molecular weight is 702 g/mol. The molecule has 9 rings (SSSR count). The lowest BCUT2D eigenvalue weighted by Crippen LogP contribution is -2.31. The van der Waals surface area contributed by atoms with Gasteiger partial charge in [-0.3, -0.25) is 4.98 Å². The summed E-state index contributed by atoms with van der Waals surface area (Å²) in [5, 5.41) is 14.4. The highest BCUT2D eigenvalue weighted by Crippen LogP contribution is 2.57. The van der Waals surface area contributed by atoms with Crippen LogP contribution in [0.5, 0.6) is 5.75 Å². The normalized spacial score (nSPS) is 13.6. The molecule has 0 radical (unpaired) electrons. The van der Waals surface area contributed by atoms with Crippen molar-refractivity contribution < 1.29 is 5.11 Å². The van der Waals surface area contributed by atoms with E-state index in [4.69, 9.17) is 15.0 Å². The number of nitrogens with zero attached hydrogens (tertiary/aromatic N) is 3. The molecule has 264 valence electrons. The Morgan fingerprint density at radius 2 is 1.22 bits per heavy atom. The fraction of sp³-hybridized carbons (Fsp3) is 0.180. The number of pyridine rings is 1. The smallest absolute Gasteiger partial charge is 0.124 e. The second kappa shape index (κ2) is 12.2. The standard InChI is InChI=1S/C50H43N3O/c1-48(2,3)33-22-24-37-38-25-23-34(49(4,5)6)29-41(38)50(40(37)28-33,45-20-12-18-42(53-45)39-17-9-10-19-44(39)54)35-15-11-14-32(27-35)47-46-36-16-8-7-13-31(36)21-26-43(46)51-30-52-47/h7-30,54H,1-6H3. The summed E-state index contributed by atoms with van der Waals surface area (Å²) in [6.07, 6.45) is 1.68. The summed E-state index contributed by atoms with van der Waals surface area (Å²) < 4.78 is 0. The minimum Gasteiger partial charge on any atom is -0.507 e. The van der Waals surface area contributed by atoms with Gasteiger partial charge in [0.25, 0.3) is 0 Å². The summed E-state index contributed by atoms with van der Waals surface area (Å²) in [6.45, 7) is 13.7. The van der Waals surface area contributed by atoms with E-state index >= 15 is 0 Å². The first kappa shape index (κ1) is 33.7. The number of hydrogen-bond acceptors (Lipinski definition) is 4. The van der Waals surface area contributed by atoms with Gasteiger partial charge < -0.3 is 5.11 Å². The zero-order valence-electron chi connectivity index (χ0n) is 31.6. The van der Waals surface area contributed by atoms with Gasteiger partial charge >= 0.3 is 0 Å². The van der Waals surface area contributed by atoms with E-state index in [1.807, 2.05) is 24.3 Å². The molecule has 0 spiro atoms. The molecular weight excluding hydrogens is 659 g/mol. The summed E-state index contributed by atoms with van der Waals surface area (Å²) in [4.78, 5) is 15.2. The van der Waals surface area contributed by atoms with E-state index in [-0.39, 0.29) is 16.6 Å². The molecule has 8 aromatic rings. The van der Waals surface area contributed by atoms with Crippen molar-refractivity contribution in [2.75, 3.05) is 0 Å². The number of aromatic nitrogens is 3. The van der Waals surface area contributed by atoms with Gasteiger partial charge in [0.15, 0.2) is 0 Å². The van der Waals surface area contributed by atoms with Crippen LogP contribution in [0.3, 0.4) is 0 Å². The van der Waals surface area contributed by atoms with Crippen LogP contribution in [0.15, 0.2) is 146 Å². The molecule has 54 heavy (non-hydrogen) atoms. The minimum atomic E-state index is -0.797. The molecule has 1 aliphatic carbocycles. The van der Waals surface area contributed by atoms with Crippen molar-refractivity contribution in [1.29, 1.82) is 0 Å². The van der Waals surface area contributed by atoms with Crippen LogP contribution in [-0.2, 0) is 16.2 Å². The Hall–Kier alpha value is -6.13. The predicted octanol–water partition coefficient (Wildman–Crippen LogP) is 12.2. The molecule has 2 aromatic heterocycles. The lowest BCUT2D eigenvalue weighted by Gasteiger charge is -2.35. The third-order valence-electron chi connectivity index (χ3n) is 11.3. The van der Waals surface area contributed by atoms with Crippen LogP contribution in [0.4, 0.5) is 0 Å². The fourth-order valence-electron chi connectivity index (χ4n) is 8.42. The van der Waals surface area contributed by atoms with E-state index < -0.39 is 5.41 Å². The molecule has 6 aromatic carbocycles. The Balaban J connectivity index is 1.41. The molecule has 4 nitrogen and oxygen atoms in total. The van der Waals surface area contributed by atoms with E-state index in [2.05, 4.69) is 151 Å². The van der Waals surface area contributed by atoms with Gasteiger partial charge in [0.2, 0.25) is 0 Å². The second-order valence-corrected chi connectivity index (χ2v) is 16.7. The summed E-state index contributed by atoms with van der Waals surface area (Å²) in [6, 6.07) is 49.3. The van der Waals surface area contributed by atoms with Gasteiger partial charge in [-0.2, -0.15) is 0 Å². The van der Waals surface area contributed by atoms with Crippen LogP contribution in [-0.4, -0.2) is 20.1 Å². The molecule has 0 atom stereocenters. The van der Waals surface area contributed by atoms with E-state index in [1.165, 1.54) is 33.4 Å². The minimum absolute atomic E-state index is 0.0833. The number of benzene rings is 6. The van der Waals surface area contributed by atoms with Crippen molar-refractivity contribution in [2.24, 2.45) is 0 Å². The number of phenols is 1. The molecule has 1 N–H and O–H groups in total. The van der Waals surface area contributed by atoms with Crippen LogP contribution in [0.25, 0.3) is 55.3 Å². The Labute approximate surface area is 317 Å². The maximum absolute atomic E-state index is 11.0.